The van der Waals surface area contributed by atoms with Crippen molar-refractivity contribution >= 4 is 0 Å². The van der Waals surface area contributed by atoms with Crippen molar-refractivity contribution in [2.75, 3.05) is 46.3 Å². The Balaban J connectivity index is 1.84. The Kier molecular flexibility index (Phi) is 5.27. The van der Waals surface area contributed by atoms with Gasteiger partial charge in [0.1, 0.15) is 0 Å². The third-order valence-electron chi connectivity index (χ3n) is 5.42. The maximum Gasteiger partial charge on any atom is 0.0221 e. The molecule has 0 aromatic heterocycles. The molecular weight excluding hydrogens is 234 g/mol. The molecule has 2 heterocycles. The van der Waals surface area contributed by atoms with E-state index in [1.54, 1.807) is 0 Å². The Bertz CT molecular complexity index is 271. The molecule has 0 amide bonds. The second-order valence-electron chi connectivity index (χ2n) is 7.30. The molecule has 2 fully saturated rings. The quantitative estimate of drug-likeness (QED) is 0.841. The van der Waals surface area contributed by atoms with Crippen molar-refractivity contribution in [3.8, 4) is 0 Å². The first-order chi connectivity index (χ1) is 9.02. The van der Waals surface area contributed by atoms with Gasteiger partial charge in [-0.3, -0.25) is 4.90 Å². The van der Waals surface area contributed by atoms with Gasteiger partial charge in [0.25, 0.3) is 0 Å². The van der Waals surface area contributed by atoms with Crippen LogP contribution in [0.2, 0.25) is 0 Å². The summed E-state index contributed by atoms with van der Waals surface area (Å²) >= 11 is 0. The van der Waals surface area contributed by atoms with E-state index in [0.29, 0.717) is 11.5 Å². The number of nitrogens with one attached hydrogen (secondary N) is 1. The second-order valence-corrected chi connectivity index (χ2v) is 7.30. The van der Waals surface area contributed by atoms with Crippen LogP contribution in [0.4, 0.5) is 0 Å². The zero-order chi connectivity index (χ0) is 13.9. The van der Waals surface area contributed by atoms with Gasteiger partial charge in [-0.05, 0) is 44.3 Å². The monoisotopic (exact) mass is 267 g/mol. The van der Waals surface area contributed by atoms with E-state index in [9.17, 15) is 0 Å². The summed E-state index contributed by atoms with van der Waals surface area (Å²) in [6.07, 6.45) is 4.01. The minimum atomic E-state index is 0.545. The maximum atomic E-state index is 3.71. The molecule has 0 aromatic rings. The van der Waals surface area contributed by atoms with Crippen molar-refractivity contribution in [3.05, 3.63) is 0 Å². The zero-order valence-corrected chi connectivity index (χ0v) is 13.4. The highest BCUT2D eigenvalue weighted by atomic mass is 15.2. The SMILES string of the molecule is CCC(C)C1CN(CC2(C)CCN(C)CC2)CCN1. The highest BCUT2D eigenvalue weighted by Gasteiger charge is 2.33. The highest BCUT2D eigenvalue weighted by molar-refractivity contribution is 4.88. The third-order valence-corrected chi connectivity index (χ3v) is 5.42. The van der Waals surface area contributed by atoms with E-state index in [4.69, 9.17) is 0 Å². The number of likely N-dealkylation sites (tertiary alicyclic amines) is 1. The lowest BCUT2D eigenvalue weighted by Crippen LogP contribution is -2.56. The van der Waals surface area contributed by atoms with Crippen LogP contribution in [0, 0.1) is 11.3 Å². The van der Waals surface area contributed by atoms with Crippen LogP contribution >= 0.6 is 0 Å². The molecule has 0 radical (unpaired) electrons. The zero-order valence-electron chi connectivity index (χ0n) is 13.4. The molecule has 3 nitrogen and oxygen atoms in total. The van der Waals surface area contributed by atoms with Crippen molar-refractivity contribution in [2.45, 2.75) is 46.1 Å². The van der Waals surface area contributed by atoms with Crippen LogP contribution in [-0.2, 0) is 0 Å². The molecule has 112 valence electrons. The van der Waals surface area contributed by atoms with Gasteiger partial charge >= 0.3 is 0 Å². The van der Waals surface area contributed by atoms with E-state index in [1.807, 2.05) is 0 Å². The minimum absolute atomic E-state index is 0.545. The highest BCUT2D eigenvalue weighted by Crippen LogP contribution is 2.31. The van der Waals surface area contributed by atoms with Gasteiger partial charge in [0.2, 0.25) is 0 Å². The van der Waals surface area contributed by atoms with E-state index in [1.165, 1.54) is 58.5 Å². The summed E-state index contributed by atoms with van der Waals surface area (Å²) in [5, 5.41) is 3.71. The van der Waals surface area contributed by atoms with Gasteiger partial charge in [-0.15, -0.1) is 0 Å². The van der Waals surface area contributed by atoms with Crippen LogP contribution in [0.5, 0.6) is 0 Å². The molecule has 2 unspecified atom stereocenters. The molecular formula is C16H33N3. The molecule has 0 aromatic carbocycles. The van der Waals surface area contributed by atoms with Crippen molar-refractivity contribution in [3.63, 3.8) is 0 Å². The molecule has 2 aliphatic rings. The summed E-state index contributed by atoms with van der Waals surface area (Å²) in [6, 6.07) is 0.702. The first-order valence-electron chi connectivity index (χ1n) is 8.17. The van der Waals surface area contributed by atoms with Gasteiger partial charge in [0, 0.05) is 32.2 Å². The van der Waals surface area contributed by atoms with Crippen LogP contribution in [-0.4, -0.2) is 62.2 Å². The van der Waals surface area contributed by atoms with Crippen LogP contribution in [0.25, 0.3) is 0 Å². The molecule has 0 saturated carbocycles. The van der Waals surface area contributed by atoms with Crippen LogP contribution in [0.3, 0.4) is 0 Å². The summed E-state index contributed by atoms with van der Waals surface area (Å²) in [7, 11) is 2.25. The fraction of sp³-hybridized carbons (Fsp3) is 1.00. The van der Waals surface area contributed by atoms with Gasteiger partial charge in [-0.2, -0.15) is 0 Å². The van der Waals surface area contributed by atoms with Crippen molar-refractivity contribution < 1.29 is 0 Å². The number of nitrogens with zero attached hydrogens (tertiary/aromatic N) is 2. The molecule has 19 heavy (non-hydrogen) atoms. The lowest BCUT2D eigenvalue weighted by atomic mass is 9.79. The molecule has 2 atom stereocenters. The van der Waals surface area contributed by atoms with E-state index in [-0.39, 0.29) is 0 Å². The lowest BCUT2D eigenvalue weighted by Gasteiger charge is -2.44. The van der Waals surface area contributed by atoms with Gasteiger partial charge in [0.15, 0.2) is 0 Å². The first kappa shape index (κ1) is 15.3. The minimum Gasteiger partial charge on any atom is -0.311 e. The average Bonchev–Trinajstić information content (AvgIpc) is 2.42. The van der Waals surface area contributed by atoms with Gasteiger partial charge in [-0.25, -0.2) is 0 Å². The second kappa shape index (κ2) is 6.55. The predicted octanol–water partition coefficient (Wildman–Crippen LogP) is 2.04. The first-order valence-corrected chi connectivity index (χ1v) is 8.17. The average molecular weight is 267 g/mol. The van der Waals surface area contributed by atoms with Crippen molar-refractivity contribution in [1.29, 1.82) is 0 Å². The van der Waals surface area contributed by atoms with Gasteiger partial charge in [0.05, 0.1) is 0 Å². The molecule has 0 bridgehead atoms. The molecule has 2 rings (SSSR count). The Hall–Kier alpha value is -0.120. The maximum absolute atomic E-state index is 3.71. The van der Waals surface area contributed by atoms with Crippen LogP contribution < -0.4 is 5.32 Å². The van der Waals surface area contributed by atoms with E-state index >= 15 is 0 Å². The summed E-state index contributed by atoms with van der Waals surface area (Å²) in [5.74, 6) is 0.799. The summed E-state index contributed by atoms with van der Waals surface area (Å²) in [5.41, 5.74) is 0.545. The Morgan fingerprint density at radius 3 is 2.58 bits per heavy atom. The van der Waals surface area contributed by atoms with Crippen LogP contribution in [0.1, 0.15) is 40.0 Å². The predicted molar refractivity (Wildman–Crippen MR) is 82.5 cm³/mol. The smallest absolute Gasteiger partial charge is 0.0221 e. The fourth-order valence-corrected chi connectivity index (χ4v) is 3.51. The Morgan fingerprint density at radius 2 is 1.95 bits per heavy atom. The third kappa shape index (κ3) is 4.17. The number of hydrogen-bond donors (Lipinski definition) is 1. The van der Waals surface area contributed by atoms with Gasteiger partial charge < -0.3 is 10.2 Å². The number of piperidine rings is 1. The summed E-state index contributed by atoms with van der Waals surface area (Å²) in [4.78, 5) is 5.19. The van der Waals surface area contributed by atoms with E-state index < -0.39 is 0 Å². The number of hydrogen-bond acceptors (Lipinski definition) is 3. The summed E-state index contributed by atoms with van der Waals surface area (Å²) in [6.45, 7) is 14.7. The topological polar surface area (TPSA) is 18.5 Å². The molecule has 3 heteroatoms. The van der Waals surface area contributed by atoms with E-state index in [0.717, 1.165) is 5.92 Å². The molecule has 2 saturated heterocycles. The van der Waals surface area contributed by atoms with E-state index in [2.05, 4.69) is 42.9 Å². The Labute approximate surface area is 119 Å². The number of rotatable bonds is 4. The van der Waals surface area contributed by atoms with Crippen molar-refractivity contribution in [1.82, 2.24) is 15.1 Å². The van der Waals surface area contributed by atoms with Crippen LogP contribution in [0.15, 0.2) is 0 Å². The van der Waals surface area contributed by atoms with Crippen molar-refractivity contribution in [2.24, 2.45) is 11.3 Å². The lowest BCUT2D eigenvalue weighted by molar-refractivity contribution is 0.0652. The standard InChI is InChI=1S/C16H33N3/c1-5-14(2)15-12-19(11-8-17-15)13-16(3)6-9-18(4)10-7-16/h14-15,17H,5-13H2,1-4H3. The van der Waals surface area contributed by atoms with Gasteiger partial charge in [-0.1, -0.05) is 27.2 Å². The molecule has 0 spiro atoms. The molecule has 1 N–H and O–H groups in total. The summed E-state index contributed by atoms with van der Waals surface area (Å²) < 4.78 is 0. The normalized spacial score (nSPS) is 31.3. The largest absolute Gasteiger partial charge is 0.311 e. The molecule has 2 aliphatic heterocycles. The number of piperazine rings is 1. The molecule has 0 aliphatic carbocycles. The Morgan fingerprint density at radius 1 is 1.26 bits per heavy atom. The fourth-order valence-electron chi connectivity index (χ4n) is 3.51.